The van der Waals surface area contributed by atoms with Crippen LogP contribution in [-0.2, 0) is 4.79 Å². The Kier molecular flexibility index (Phi) is 5.93. The Morgan fingerprint density at radius 2 is 1.73 bits per heavy atom. The number of ether oxygens (including phenoxy) is 1. The van der Waals surface area contributed by atoms with E-state index in [9.17, 15) is 13.6 Å². The van der Waals surface area contributed by atoms with Crippen molar-refractivity contribution in [3.05, 3.63) is 85.2 Å². The highest BCUT2D eigenvalue weighted by Crippen LogP contribution is 2.38. The van der Waals surface area contributed by atoms with Crippen LogP contribution in [0, 0.1) is 11.6 Å². The zero-order valence-electron chi connectivity index (χ0n) is 18.7. The third-order valence-corrected chi connectivity index (χ3v) is 5.15. The third kappa shape index (κ3) is 4.65. The van der Waals surface area contributed by atoms with Crippen molar-refractivity contribution in [2.75, 3.05) is 11.1 Å². The van der Waals surface area contributed by atoms with E-state index in [1.807, 2.05) is 0 Å². The van der Waals surface area contributed by atoms with Crippen molar-refractivity contribution in [3.63, 3.8) is 0 Å². The van der Waals surface area contributed by atoms with Crippen molar-refractivity contribution in [2.24, 2.45) is 0 Å². The number of anilines is 2. The number of rotatable bonds is 6. The summed E-state index contributed by atoms with van der Waals surface area (Å²) in [5.74, 6) is -3.58. The normalized spacial score (nSPS) is 10.9. The van der Waals surface area contributed by atoms with E-state index in [0.717, 1.165) is 12.4 Å². The first kappa shape index (κ1) is 23.4. The number of nitrogen functional groups attached to an aromatic ring is 1. The Balaban J connectivity index is 1.56. The van der Waals surface area contributed by atoms with Crippen LogP contribution in [0.2, 0.25) is 0 Å². The molecule has 0 unspecified atom stereocenters. The molecule has 3 aromatic heterocycles. The van der Waals surface area contributed by atoms with E-state index in [2.05, 4.69) is 37.0 Å². The summed E-state index contributed by atoms with van der Waals surface area (Å²) in [6.45, 7) is 2.96. The first-order valence-corrected chi connectivity index (χ1v) is 10.5. The average Bonchev–Trinajstić information content (AvgIpc) is 3.28. The Bertz CT molecular complexity index is 1650. The van der Waals surface area contributed by atoms with Gasteiger partial charge in [-0.1, -0.05) is 24.8 Å². The smallest absolute Gasteiger partial charge is 0.322 e. The van der Waals surface area contributed by atoms with Gasteiger partial charge in [-0.25, -0.2) is 28.1 Å². The quantitative estimate of drug-likeness (QED) is 0.327. The molecule has 0 saturated carbocycles. The van der Waals surface area contributed by atoms with Crippen molar-refractivity contribution in [3.8, 4) is 34.1 Å². The zero-order chi connectivity index (χ0) is 26.1. The Morgan fingerprint density at radius 3 is 2.41 bits per heavy atom. The predicted octanol–water partition coefficient (Wildman–Crippen LogP) is 4.32. The Morgan fingerprint density at radius 1 is 1.03 bits per heavy atom. The molecule has 0 radical (unpaired) electrons. The largest absolute Gasteiger partial charge is 0.421 e. The summed E-state index contributed by atoms with van der Waals surface area (Å²) in [5.41, 5.74) is 8.52. The molecule has 0 bridgehead atoms. The number of fused-ring (bicyclic) bond motifs is 1. The van der Waals surface area contributed by atoms with E-state index in [0.29, 0.717) is 33.6 Å². The molecule has 3 N–H and O–H groups in total. The van der Waals surface area contributed by atoms with Crippen molar-refractivity contribution in [2.45, 2.75) is 0 Å². The molecule has 184 valence electrons. The molecule has 0 saturated heterocycles. The van der Waals surface area contributed by atoms with Gasteiger partial charge in [0.25, 0.3) is 5.91 Å². The van der Waals surface area contributed by atoms with Crippen molar-refractivity contribution < 1.29 is 22.7 Å². The van der Waals surface area contributed by atoms with Crippen LogP contribution in [0.4, 0.5) is 24.7 Å². The second-order valence-electron chi connectivity index (χ2n) is 7.57. The summed E-state index contributed by atoms with van der Waals surface area (Å²) in [4.78, 5) is 22.9. The van der Waals surface area contributed by atoms with Crippen molar-refractivity contribution in [1.82, 2.24) is 29.8 Å². The molecule has 1 amide bonds. The second kappa shape index (κ2) is 9.37. The van der Waals surface area contributed by atoms with E-state index < -0.39 is 23.4 Å². The van der Waals surface area contributed by atoms with Crippen molar-refractivity contribution in [1.29, 1.82) is 0 Å². The average molecular weight is 504 g/mol. The molecule has 3 heterocycles. The van der Waals surface area contributed by atoms with Crippen LogP contribution in [-0.4, -0.2) is 35.7 Å². The summed E-state index contributed by atoms with van der Waals surface area (Å²) in [7, 11) is 0. The number of hydrogen-bond donors (Lipinski definition) is 2. The molecule has 37 heavy (non-hydrogen) atoms. The summed E-state index contributed by atoms with van der Waals surface area (Å²) < 4.78 is 47.7. The molecule has 5 rings (SSSR count). The van der Waals surface area contributed by atoms with Crippen LogP contribution in [0.1, 0.15) is 0 Å². The fourth-order valence-corrected chi connectivity index (χ4v) is 3.50. The number of halogens is 3. The molecule has 0 aliphatic heterocycles. The van der Waals surface area contributed by atoms with Gasteiger partial charge in [0.1, 0.15) is 17.5 Å². The molecule has 0 aliphatic carbocycles. The lowest BCUT2D eigenvalue weighted by Gasteiger charge is -2.09. The third-order valence-electron chi connectivity index (χ3n) is 5.15. The number of benzene rings is 2. The van der Waals surface area contributed by atoms with E-state index >= 15 is 4.39 Å². The number of nitrogens with two attached hydrogens (primary N) is 1. The number of carbonyl (C=O) groups is 1. The molecular weight excluding hydrogens is 489 g/mol. The van der Waals surface area contributed by atoms with E-state index in [1.165, 1.54) is 23.1 Å². The van der Waals surface area contributed by atoms with E-state index in [4.69, 9.17) is 10.5 Å². The lowest BCUT2D eigenvalue weighted by atomic mass is 9.99. The second-order valence-corrected chi connectivity index (χ2v) is 7.57. The maximum Gasteiger partial charge on any atom is 0.322 e. The highest BCUT2D eigenvalue weighted by Gasteiger charge is 2.21. The minimum atomic E-state index is -1.12. The van der Waals surface area contributed by atoms with Gasteiger partial charge in [0.2, 0.25) is 0 Å². The van der Waals surface area contributed by atoms with Crippen LogP contribution in [0.3, 0.4) is 0 Å². The predicted molar refractivity (Wildman–Crippen MR) is 127 cm³/mol. The number of nitrogens with zero attached hydrogens (tertiary/aromatic N) is 6. The van der Waals surface area contributed by atoms with Gasteiger partial charge in [-0.05, 0) is 29.8 Å². The first-order chi connectivity index (χ1) is 17.8. The van der Waals surface area contributed by atoms with Gasteiger partial charge in [0.15, 0.2) is 29.0 Å². The van der Waals surface area contributed by atoms with Crippen LogP contribution >= 0.6 is 0 Å². The van der Waals surface area contributed by atoms with Crippen LogP contribution in [0.5, 0.6) is 11.8 Å². The molecule has 2 aromatic carbocycles. The SMILES string of the molecule is C=C(F)C(=O)Nc1ccc(-c2nn3ncnc(N)c3c2-c2ccc(Oc3ncc(F)cn3)c(F)c2)cc1. The number of hydrogen-bond acceptors (Lipinski definition) is 8. The minimum Gasteiger partial charge on any atom is -0.421 e. The van der Waals surface area contributed by atoms with Gasteiger partial charge in [0.05, 0.1) is 12.4 Å². The Hall–Kier alpha value is -5.33. The summed E-state index contributed by atoms with van der Waals surface area (Å²) in [6, 6.07) is 10.2. The summed E-state index contributed by atoms with van der Waals surface area (Å²) >= 11 is 0. The fourth-order valence-electron chi connectivity index (χ4n) is 3.50. The zero-order valence-corrected chi connectivity index (χ0v) is 18.7. The summed E-state index contributed by atoms with van der Waals surface area (Å²) in [5, 5.41) is 10.9. The van der Waals surface area contributed by atoms with Gasteiger partial charge in [-0.3, -0.25) is 4.79 Å². The maximum atomic E-state index is 15.1. The molecule has 0 aliphatic rings. The lowest BCUT2D eigenvalue weighted by molar-refractivity contribution is -0.114. The highest BCUT2D eigenvalue weighted by molar-refractivity contribution is 6.02. The van der Waals surface area contributed by atoms with Crippen LogP contribution in [0.25, 0.3) is 27.9 Å². The molecule has 13 heteroatoms. The standard InChI is InChI=1S/C24H15F3N8O2/c1-12(25)23(36)33-16-5-2-13(3-6-16)20-19(21-22(28)31-11-32-35(21)34-20)14-4-7-18(17(27)8-14)37-24-29-9-15(26)10-30-24/h2-11H,1H2,(H,33,36)(H2,28,31,32). The van der Waals surface area contributed by atoms with Gasteiger partial charge >= 0.3 is 6.01 Å². The van der Waals surface area contributed by atoms with E-state index in [-0.39, 0.29) is 17.6 Å². The summed E-state index contributed by atoms with van der Waals surface area (Å²) in [6.07, 6.45) is 3.02. The Labute approximate surface area is 206 Å². The lowest BCUT2D eigenvalue weighted by Crippen LogP contribution is -2.10. The molecule has 0 spiro atoms. The molecular formula is C24H15F3N8O2. The minimum absolute atomic E-state index is 0.106. The highest BCUT2D eigenvalue weighted by atomic mass is 19.1. The molecule has 5 aromatic rings. The van der Waals surface area contributed by atoms with Crippen LogP contribution in [0.15, 0.2) is 73.6 Å². The molecule has 0 atom stereocenters. The van der Waals surface area contributed by atoms with E-state index in [1.54, 1.807) is 30.3 Å². The number of nitrogens with one attached hydrogen (secondary N) is 1. The molecule has 10 nitrogen and oxygen atoms in total. The first-order valence-electron chi connectivity index (χ1n) is 10.5. The monoisotopic (exact) mass is 504 g/mol. The topological polar surface area (TPSA) is 133 Å². The maximum absolute atomic E-state index is 15.1. The number of aromatic nitrogens is 6. The van der Waals surface area contributed by atoms with Gasteiger partial charge < -0.3 is 15.8 Å². The van der Waals surface area contributed by atoms with Crippen molar-refractivity contribution >= 4 is 22.9 Å². The van der Waals surface area contributed by atoms with Gasteiger partial charge in [0, 0.05) is 16.8 Å². The number of carbonyl (C=O) groups excluding carboxylic acids is 1. The number of amides is 1. The fraction of sp³-hybridized carbons (Fsp3) is 0. The van der Waals surface area contributed by atoms with Crippen LogP contribution < -0.4 is 15.8 Å². The van der Waals surface area contributed by atoms with Gasteiger partial charge in [-0.2, -0.15) is 0 Å². The van der Waals surface area contributed by atoms with Gasteiger partial charge in [-0.15, -0.1) is 14.8 Å². The molecule has 0 fully saturated rings.